The Bertz CT molecular complexity index is 2270. The van der Waals surface area contributed by atoms with Crippen LogP contribution in [0.15, 0.2) is 96.7 Å². The van der Waals surface area contributed by atoms with Crippen LogP contribution in [0.3, 0.4) is 0 Å². The van der Waals surface area contributed by atoms with Crippen LogP contribution in [0.2, 0.25) is 0 Å². The van der Waals surface area contributed by atoms with Gasteiger partial charge >= 0.3 is 0 Å². The van der Waals surface area contributed by atoms with Gasteiger partial charge in [0.1, 0.15) is 6.54 Å². The average Bonchev–Trinajstić information content (AvgIpc) is 3.42. The molecule has 6 rings (SSSR count). The fourth-order valence-electron chi connectivity index (χ4n) is 7.78. The van der Waals surface area contributed by atoms with Crippen molar-refractivity contribution < 1.29 is 30.2 Å². The Balaban J connectivity index is 1.42. The molecule has 0 spiro atoms. The normalized spacial score (nSPS) is 17.8. The standard InChI is InChI=1S/C39H45N3O6S2/c1-6-40-48-50(46,47)27-13-25-42-33-23-21-29-15-8-10-17-31(29)37(33)39(4,5)35(42)19-11-18-34-38(2,3)36-30-16-9-7-14-28(30)20-22-32(36)41(34)24-12-26-49(43,44)45/h7-11,14-23,40H,6,12-13,24-27H2,1-5H3/p+1. The molecule has 0 aromatic heterocycles. The molecule has 4 aromatic rings. The Kier molecular flexibility index (Phi) is 9.84. The van der Waals surface area contributed by atoms with Gasteiger partial charge in [-0.1, -0.05) is 81.4 Å². The summed E-state index contributed by atoms with van der Waals surface area (Å²) in [6.07, 6.45) is 6.93. The molecule has 0 atom stereocenters. The van der Waals surface area contributed by atoms with Gasteiger partial charge in [-0.05, 0) is 65.6 Å². The SMILES string of the molecule is CCNOS(=O)(=O)CCCN1C(=CC=CC2=[N+](CCCS(=O)(=O)O)c3ccc4ccccc4c3C2(C)C)C(C)(C)c2c1ccc1ccccc21. The number of hydroxylamine groups is 1. The van der Waals surface area contributed by atoms with E-state index in [0.717, 1.165) is 44.3 Å². The summed E-state index contributed by atoms with van der Waals surface area (Å²) in [6, 6.07) is 25.1. The summed E-state index contributed by atoms with van der Waals surface area (Å²) >= 11 is 0. The van der Waals surface area contributed by atoms with E-state index in [2.05, 4.69) is 109 Å². The molecule has 2 aliphatic rings. The number of anilines is 1. The van der Waals surface area contributed by atoms with Gasteiger partial charge in [-0.2, -0.15) is 31.2 Å². The van der Waals surface area contributed by atoms with Crippen LogP contribution >= 0.6 is 0 Å². The fourth-order valence-corrected chi connectivity index (χ4v) is 9.14. The van der Waals surface area contributed by atoms with Crippen molar-refractivity contribution in [3.05, 3.63) is 108 Å². The molecule has 2 N–H and O–H groups in total. The number of allylic oxidation sites excluding steroid dienone is 4. The fraction of sp³-hybridized carbons (Fsp3) is 0.359. The van der Waals surface area contributed by atoms with Crippen molar-refractivity contribution in [2.75, 3.05) is 36.0 Å². The van der Waals surface area contributed by atoms with Gasteiger partial charge in [-0.15, -0.1) is 0 Å². The molecule has 0 bridgehead atoms. The van der Waals surface area contributed by atoms with Crippen LogP contribution in [-0.2, 0) is 35.4 Å². The van der Waals surface area contributed by atoms with Crippen LogP contribution in [0, 0.1) is 0 Å². The first-order valence-corrected chi connectivity index (χ1v) is 20.3. The average molecular weight is 717 g/mol. The summed E-state index contributed by atoms with van der Waals surface area (Å²) in [5.74, 6) is -0.446. The van der Waals surface area contributed by atoms with Crippen LogP contribution in [-0.4, -0.2) is 62.8 Å². The minimum absolute atomic E-state index is 0.125. The van der Waals surface area contributed by atoms with Crippen LogP contribution < -0.4 is 10.4 Å². The number of nitrogens with zero attached hydrogens (tertiary/aromatic N) is 2. The molecule has 264 valence electrons. The maximum Gasteiger partial charge on any atom is 0.283 e. The van der Waals surface area contributed by atoms with Gasteiger partial charge in [0, 0.05) is 54.0 Å². The molecule has 0 saturated heterocycles. The molecule has 50 heavy (non-hydrogen) atoms. The molecular weight excluding hydrogens is 671 g/mol. The Morgan fingerprint density at radius 2 is 1.46 bits per heavy atom. The molecule has 0 saturated carbocycles. The summed E-state index contributed by atoms with van der Waals surface area (Å²) in [7, 11) is -7.84. The third-order valence-electron chi connectivity index (χ3n) is 9.91. The molecule has 2 heterocycles. The summed E-state index contributed by atoms with van der Waals surface area (Å²) in [5, 5.41) is 4.59. The molecule has 0 radical (unpaired) electrons. The van der Waals surface area contributed by atoms with Gasteiger partial charge in [-0.3, -0.25) is 4.55 Å². The van der Waals surface area contributed by atoms with Crippen molar-refractivity contribution in [3.8, 4) is 0 Å². The Morgan fingerprint density at radius 1 is 0.820 bits per heavy atom. The zero-order chi connectivity index (χ0) is 35.9. The minimum Gasteiger partial charge on any atom is -0.344 e. The number of fused-ring (bicyclic) bond motifs is 6. The lowest BCUT2D eigenvalue weighted by Gasteiger charge is -2.27. The van der Waals surface area contributed by atoms with Gasteiger partial charge in [-0.25, -0.2) is 0 Å². The smallest absolute Gasteiger partial charge is 0.283 e. The molecule has 2 aliphatic heterocycles. The second-order valence-electron chi connectivity index (χ2n) is 14.0. The largest absolute Gasteiger partial charge is 0.344 e. The van der Waals surface area contributed by atoms with E-state index in [1.165, 1.54) is 11.1 Å². The second-order valence-corrected chi connectivity index (χ2v) is 17.3. The lowest BCUT2D eigenvalue weighted by atomic mass is 9.79. The highest BCUT2D eigenvalue weighted by atomic mass is 32.2. The summed E-state index contributed by atoms with van der Waals surface area (Å²) in [6.45, 7) is 11.9. The van der Waals surface area contributed by atoms with Crippen molar-refractivity contribution in [2.45, 2.75) is 58.3 Å². The van der Waals surface area contributed by atoms with E-state index in [-0.39, 0.29) is 17.9 Å². The highest BCUT2D eigenvalue weighted by molar-refractivity contribution is 7.86. The predicted octanol–water partition coefficient (Wildman–Crippen LogP) is 7.15. The van der Waals surface area contributed by atoms with Crippen LogP contribution in [0.1, 0.15) is 58.6 Å². The first-order chi connectivity index (χ1) is 23.7. The van der Waals surface area contributed by atoms with Gasteiger partial charge in [0.25, 0.3) is 20.2 Å². The van der Waals surface area contributed by atoms with Crippen LogP contribution in [0.5, 0.6) is 0 Å². The van der Waals surface area contributed by atoms with E-state index >= 15 is 0 Å². The zero-order valence-electron chi connectivity index (χ0n) is 29.3. The molecule has 0 aliphatic carbocycles. The Hall–Kier alpha value is -3.87. The number of hydrogen-bond donors (Lipinski definition) is 2. The third-order valence-corrected chi connectivity index (χ3v) is 11.9. The van der Waals surface area contributed by atoms with Gasteiger partial charge < -0.3 is 4.90 Å². The van der Waals surface area contributed by atoms with Crippen LogP contribution in [0.4, 0.5) is 11.4 Å². The Labute approximate surface area is 295 Å². The van der Waals surface area contributed by atoms with Gasteiger partial charge in [0.15, 0.2) is 5.71 Å². The lowest BCUT2D eigenvalue weighted by Crippen LogP contribution is -2.29. The first-order valence-electron chi connectivity index (χ1n) is 17.1. The monoisotopic (exact) mass is 716 g/mol. The number of rotatable bonds is 13. The maximum atomic E-state index is 12.5. The molecule has 0 amide bonds. The highest BCUT2D eigenvalue weighted by Crippen LogP contribution is 2.51. The van der Waals surface area contributed by atoms with E-state index in [9.17, 15) is 21.4 Å². The minimum atomic E-state index is -4.10. The lowest BCUT2D eigenvalue weighted by molar-refractivity contribution is -0.437. The van der Waals surface area contributed by atoms with E-state index < -0.39 is 31.1 Å². The molecule has 0 fully saturated rings. The Morgan fingerprint density at radius 3 is 2.12 bits per heavy atom. The van der Waals surface area contributed by atoms with Crippen molar-refractivity contribution in [1.29, 1.82) is 0 Å². The van der Waals surface area contributed by atoms with Crippen molar-refractivity contribution in [1.82, 2.24) is 5.48 Å². The van der Waals surface area contributed by atoms with Gasteiger partial charge in [0.2, 0.25) is 5.69 Å². The number of nitrogens with one attached hydrogen (secondary N) is 1. The topological polar surface area (TPSA) is 116 Å². The summed E-state index contributed by atoms with van der Waals surface area (Å²) in [4.78, 5) is 2.23. The molecule has 9 nitrogen and oxygen atoms in total. The van der Waals surface area contributed by atoms with Crippen LogP contribution in [0.25, 0.3) is 21.5 Å². The first kappa shape index (κ1) is 35.9. The summed E-state index contributed by atoms with van der Waals surface area (Å²) in [5.41, 5.74) is 8.17. The van der Waals surface area contributed by atoms with Crippen molar-refractivity contribution >= 4 is 58.9 Å². The van der Waals surface area contributed by atoms with E-state index in [0.29, 0.717) is 26.1 Å². The van der Waals surface area contributed by atoms with E-state index in [1.54, 1.807) is 6.92 Å². The van der Waals surface area contributed by atoms with Gasteiger partial charge in [0.05, 0.1) is 16.9 Å². The highest BCUT2D eigenvalue weighted by Gasteiger charge is 2.46. The zero-order valence-corrected chi connectivity index (χ0v) is 30.9. The van der Waals surface area contributed by atoms with E-state index in [4.69, 9.17) is 4.28 Å². The molecule has 4 aromatic carbocycles. The number of hydrogen-bond acceptors (Lipinski definition) is 7. The quantitative estimate of drug-likeness (QED) is 0.0852. The molecule has 0 unspecified atom stereocenters. The maximum absolute atomic E-state index is 12.5. The van der Waals surface area contributed by atoms with Crippen molar-refractivity contribution in [2.24, 2.45) is 0 Å². The molecule has 11 heteroatoms. The summed E-state index contributed by atoms with van der Waals surface area (Å²) < 4.78 is 64.9. The number of benzene rings is 4. The van der Waals surface area contributed by atoms with Crippen molar-refractivity contribution in [3.63, 3.8) is 0 Å². The third kappa shape index (κ3) is 6.89. The second kappa shape index (κ2) is 13.7. The van der Waals surface area contributed by atoms with E-state index in [1.807, 2.05) is 24.3 Å². The molecular formula is C39H46N3O6S2+. The predicted molar refractivity (Wildman–Crippen MR) is 203 cm³/mol.